The van der Waals surface area contributed by atoms with Crippen LogP contribution in [0.2, 0.25) is 0 Å². The third-order valence-corrected chi connectivity index (χ3v) is 7.61. The maximum atomic E-state index is 14.3. The van der Waals surface area contributed by atoms with E-state index >= 15 is 0 Å². The largest absolute Gasteiger partial charge is 0.497 e. The summed E-state index contributed by atoms with van der Waals surface area (Å²) in [5.74, 6) is 1.70. The van der Waals surface area contributed by atoms with Gasteiger partial charge in [0, 0.05) is 17.4 Å². The lowest BCUT2D eigenvalue weighted by Gasteiger charge is -2.31. The molecule has 5 aromatic rings. The molecule has 2 amide bonds. The van der Waals surface area contributed by atoms with E-state index in [-0.39, 0.29) is 12.1 Å². The van der Waals surface area contributed by atoms with Gasteiger partial charge in [-0.2, -0.15) is 5.10 Å². The minimum absolute atomic E-state index is 0.170. The molecule has 0 saturated carbocycles. The number of carbonyl (C=O) groups excluding carboxylic acids is 1. The Morgan fingerprint density at radius 2 is 1.82 bits per heavy atom. The molecule has 0 unspecified atom stereocenters. The van der Waals surface area contributed by atoms with E-state index in [1.807, 2.05) is 78.0 Å². The van der Waals surface area contributed by atoms with E-state index in [9.17, 15) is 4.79 Å². The molecule has 7 nitrogen and oxygen atoms in total. The van der Waals surface area contributed by atoms with Crippen LogP contribution in [0.15, 0.2) is 91.1 Å². The summed E-state index contributed by atoms with van der Waals surface area (Å²) in [7, 11) is 1.66. The predicted octanol–water partition coefficient (Wildman–Crippen LogP) is 6.99. The topological polar surface area (TPSA) is 64.3 Å². The lowest BCUT2D eigenvalue weighted by atomic mass is 10.0. The highest BCUT2D eigenvalue weighted by Crippen LogP contribution is 2.39. The number of nitrogens with one attached hydrogen (secondary N) is 1. The Morgan fingerprint density at radius 3 is 2.60 bits per heavy atom. The smallest absolute Gasteiger partial charge is 0.322 e. The number of methoxy groups -OCH3 is 1. The van der Waals surface area contributed by atoms with Crippen molar-refractivity contribution in [1.82, 2.24) is 19.2 Å². The Kier molecular flexibility index (Phi) is 6.64. The van der Waals surface area contributed by atoms with Gasteiger partial charge in [-0.15, -0.1) is 0 Å². The minimum Gasteiger partial charge on any atom is -0.497 e. The van der Waals surface area contributed by atoms with Crippen LogP contribution in [0.5, 0.6) is 5.75 Å². The predicted molar refractivity (Wildman–Crippen MR) is 158 cm³/mol. The van der Waals surface area contributed by atoms with Gasteiger partial charge in [0.25, 0.3) is 0 Å². The minimum atomic E-state index is -0.364. The second-order valence-electron chi connectivity index (χ2n) is 10.2. The highest BCUT2D eigenvalue weighted by molar-refractivity contribution is 5.91. The Labute approximate surface area is 234 Å². The monoisotopic (exact) mass is 531 g/mol. The number of aromatic nitrogens is 3. The molecule has 40 heavy (non-hydrogen) atoms. The molecule has 0 spiro atoms. The van der Waals surface area contributed by atoms with Crippen molar-refractivity contribution in [1.29, 1.82) is 0 Å². The number of nitrogens with zero attached hydrogens (tertiary/aromatic N) is 4. The average molecular weight is 532 g/mol. The number of anilines is 1. The van der Waals surface area contributed by atoms with Crippen molar-refractivity contribution in [3.63, 3.8) is 0 Å². The summed E-state index contributed by atoms with van der Waals surface area (Å²) in [4.78, 5) is 16.2. The fourth-order valence-corrected chi connectivity index (χ4v) is 5.57. The van der Waals surface area contributed by atoms with Crippen molar-refractivity contribution < 1.29 is 9.53 Å². The number of carbonyl (C=O) groups is 1. The molecule has 1 N–H and O–H groups in total. The van der Waals surface area contributed by atoms with Crippen molar-refractivity contribution in [2.45, 2.75) is 39.8 Å². The first-order valence-corrected chi connectivity index (χ1v) is 13.6. The first-order valence-electron chi connectivity index (χ1n) is 13.6. The molecule has 0 aliphatic carbocycles. The van der Waals surface area contributed by atoms with Crippen LogP contribution < -0.4 is 10.1 Å². The number of urea groups is 1. The van der Waals surface area contributed by atoms with Crippen LogP contribution in [0.1, 0.15) is 46.6 Å². The van der Waals surface area contributed by atoms with Crippen molar-refractivity contribution in [2.24, 2.45) is 0 Å². The van der Waals surface area contributed by atoms with Crippen LogP contribution >= 0.6 is 0 Å². The zero-order valence-electron chi connectivity index (χ0n) is 23.3. The van der Waals surface area contributed by atoms with Gasteiger partial charge >= 0.3 is 6.03 Å². The van der Waals surface area contributed by atoms with E-state index in [0.29, 0.717) is 6.54 Å². The molecule has 0 radical (unpaired) electrons. The normalized spacial score (nSPS) is 14.3. The second kappa shape index (κ2) is 10.4. The van der Waals surface area contributed by atoms with Crippen molar-refractivity contribution in [3.8, 4) is 17.3 Å². The van der Waals surface area contributed by atoms with E-state index in [2.05, 4.69) is 53.3 Å². The zero-order valence-corrected chi connectivity index (χ0v) is 23.3. The fraction of sp³-hybridized carbons (Fsp3) is 0.212. The molecule has 1 atom stereocenters. The number of rotatable bonds is 5. The lowest BCUT2D eigenvalue weighted by molar-refractivity contribution is 0.194. The molecule has 7 heteroatoms. The van der Waals surface area contributed by atoms with E-state index in [4.69, 9.17) is 9.84 Å². The summed E-state index contributed by atoms with van der Waals surface area (Å²) in [6.45, 7) is 6.55. The summed E-state index contributed by atoms with van der Waals surface area (Å²) in [6.07, 6.45) is 2.81. The Bertz CT molecular complexity index is 1680. The lowest BCUT2D eigenvalue weighted by Crippen LogP contribution is -2.38. The molecule has 0 saturated heterocycles. The Hall–Kier alpha value is -4.78. The van der Waals surface area contributed by atoms with Gasteiger partial charge in [-0.25, -0.2) is 9.48 Å². The van der Waals surface area contributed by atoms with E-state index in [1.54, 1.807) is 7.11 Å². The number of fused-ring (bicyclic) bond motifs is 3. The van der Waals surface area contributed by atoms with Crippen LogP contribution in [0.3, 0.4) is 0 Å². The number of hydrogen-bond acceptors (Lipinski definition) is 3. The number of hydrogen-bond donors (Lipinski definition) is 1. The number of aryl methyl sites for hydroxylation is 3. The molecule has 1 aliphatic heterocycles. The number of para-hydroxylation sites is 1. The number of ether oxygens (including phenoxy) is 1. The third-order valence-electron chi connectivity index (χ3n) is 7.61. The maximum absolute atomic E-state index is 14.3. The molecule has 0 bridgehead atoms. The summed E-state index contributed by atoms with van der Waals surface area (Å²) in [5.41, 5.74) is 7.84. The number of amides is 2. The quantitative estimate of drug-likeness (QED) is 0.266. The van der Waals surface area contributed by atoms with Crippen LogP contribution in [-0.4, -0.2) is 32.4 Å². The van der Waals surface area contributed by atoms with Crippen LogP contribution in [-0.2, 0) is 13.0 Å². The van der Waals surface area contributed by atoms with E-state index in [1.165, 1.54) is 0 Å². The Morgan fingerprint density at radius 1 is 1.00 bits per heavy atom. The van der Waals surface area contributed by atoms with Gasteiger partial charge in [0.05, 0.1) is 36.8 Å². The SMILES string of the molecule is CCc1nn(-c2ccccc2)c2c1CN(C(=O)Nc1cc(C)ccc1C)[C@H](c1cccc(OC)c1)c1cccn1-2. The summed E-state index contributed by atoms with van der Waals surface area (Å²) in [5, 5.41) is 8.27. The van der Waals surface area contributed by atoms with Gasteiger partial charge in [-0.3, -0.25) is 0 Å². The molecule has 6 rings (SSSR count). The highest BCUT2D eigenvalue weighted by atomic mass is 16.5. The molecule has 202 valence electrons. The third kappa shape index (κ3) is 4.43. The fourth-order valence-electron chi connectivity index (χ4n) is 5.57. The van der Waals surface area contributed by atoms with E-state index in [0.717, 1.165) is 63.0 Å². The number of benzene rings is 3. The van der Waals surface area contributed by atoms with Gasteiger partial charge in [-0.1, -0.05) is 49.4 Å². The van der Waals surface area contributed by atoms with Crippen LogP contribution in [0, 0.1) is 13.8 Å². The molecule has 2 aromatic heterocycles. The van der Waals surface area contributed by atoms with Crippen LogP contribution in [0.4, 0.5) is 10.5 Å². The molecular weight excluding hydrogens is 498 g/mol. The Balaban J connectivity index is 1.56. The second-order valence-corrected chi connectivity index (χ2v) is 10.2. The van der Waals surface area contributed by atoms with Crippen molar-refractivity contribution in [3.05, 3.63) is 125 Å². The van der Waals surface area contributed by atoms with Gasteiger partial charge in [0.1, 0.15) is 11.6 Å². The first kappa shape index (κ1) is 25.5. The maximum Gasteiger partial charge on any atom is 0.322 e. The molecule has 3 heterocycles. The van der Waals surface area contributed by atoms with Gasteiger partial charge in [-0.05, 0) is 79.4 Å². The van der Waals surface area contributed by atoms with Gasteiger partial charge in [0.2, 0.25) is 0 Å². The van der Waals surface area contributed by atoms with E-state index < -0.39 is 0 Å². The molecule has 0 fully saturated rings. The zero-order chi connectivity index (χ0) is 27.8. The van der Waals surface area contributed by atoms with Crippen molar-refractivity contribution in [2.75, 3.05) is 12.4 Å². The van der Waals surface area contributed by atoms with Gasteiger partial charge < -0.3 is 19.5 Å². The summed E-state index contributed by atoms with van der Waals surface area (Å²) in [6, 6.07) is 27.8. The summed E-state index contributed by atoms with van der Waals surface area (Å²) >= 11 is 0. The molecule has 1 aliphatic rings. The highest BCUT2D eigenvalue weighted by Gasteiger charge is 2.36. The molecular formula is C33H33N5O2. The summed E-state index contributed by atoms with van der Waals surface area (Å²) < 4.78 is 9.78. The van der Waals surface area contributed by atoms with Gasteiger partial charge in [0.15, 0.2) is 0 Å². The average Bonchev–Trinajstić information content (AvgIpc) is 3.56. The first-order chi connectivity index (χ1) is 19.5. The standard InChI is InChI=1S/C33H33N5O2/c1-5-28-27-21-37(33(39)34-29-19-22(2)16-17-23(29)3)31(24-11-9-14-26(20-24)40-4)30-15-10-18-36(30)32(27)38(35-28)25-12-7-6-8-13-25/h6-20,31H,5,21H2,1-4H3,(H,34,39)/t31-/m1/s1. The molecule has 3 aromatic carbocycles. The van der Waals surface area contributed by atoms with Crippen molar-refractivity contribution >= 4 is 11.7 Å². The van der Waals surface area contributed by atoms with Crippen LogP contribution in [0.25, 0.3) is 11.5 Å².